The number of hydrogen-bond acceptors (Lipinski definition) is 7. The summed E-state index contributed by atoms with van der Waals surface area (Å²) >= 11 is 0. The smallest absolute Gasteiger partial charge is 0.416 e. The average molecular weight is 557 g/mol. The third kappa shape index (κ3) is 8.73. The van der Waals surface area contributed by atoms with Gasteiger partial charge in [0.15, 0.2) is 5.96 Å². The van der Waals surface area contributed by atoms with E-state index < -0.39 is 38.7 Å². The lowest BCUT2D eigenvalue weighted by molar-refractivity contribution is -0.139. The van der Waals surface area contributed by atoms with E-state index in [0.29, 0.717) is 42.4 Å². The van der Waals surface area contributed by atoms with E-state index in [9.17, 15) is 36.3 Å². The second kappa shape index (κ2) is 12.7. The van der Waals surface area contributed by atoms with Gasteiger partial charge < -0.3 is 15.2 Å². The van der Waals surface area contributed by atoms with Gasteiger partial charge in [0, 0.05) is 19.5 Å². The van der Waals surface area contributed by atoms with Crippen LogP contribution in [0.5, 0.6) is 5.75 Å². The van der Waals surface area contributed by atoms with Crippen LogP contribution >= 0.6 is 0 Å². The van der Waals surface area contributed by atoms with Crippen molar-refractivity contribution in [3.05, 3.63) is 59.7 Å². The molecule has 0 saturated heterocycles. The van der Waals surface area contributed by atoms with Crippen LogP contribution in [0.4, 0.5) is 13.2 Å². The summed E-state index contributed by atoms with van der Waals surface area (Å²) in [6.45, 7) is 1.69. The van der Waals surface area contributed by atoms with Gasteiger partial charge in [-0.25, -0.2) is 8.42 Å². The van der Waals surface area contributed by atoms with Gasteiger partial charge in [0.1, 0.15) is 11.8 Å². The van der Waals surface area contributed by atoms with Crippen molar-refractivity contribution >= 4 is 27.9 Å². The fourth-order valence-electron chi connectivity index (χ4n) is 3.45. The highest BCUT2D eigenvalue weighted by Crippen LogP contribution is 2.29. The van der Waals surface area contributed by atoms with Crippen LogP contribution in [0.1, 0.15) is 30.4 Å². The summed E-state index contributed by atoms with van der Waals surface area (Å²) in [5.41, 5.74) is -0.538. The number of carbonyl (C=O) groups excluding carboxylic acids is 1. The molecule has 1 aliphatic rings. The molecule has 0 aromatic heterocycles. The minimum absolute atomic E-state index is 0.185. The predicted octanol–water partition coefficient (Wildman–Crippen LogP) is 2.30. The molecule has 2 aromatic carbocycles. The molecule has 0 bridgehead atoms. The molecule has 0 spiro atoms. The quantitative estimate of drug-likeness (QED) is 0.311. The molecule has 10 nitrogen and oxygen atoms in total. The monoisotopic (exact) mass is 556 g/mol. The zero-order valence-electron chi connectivity index (χ0n) is 20.1. The van der Waals surface area contributed by atoms with Crippen molar-refractivity contribution in [1.29, 1.82) is 0 Å². The summed E-state index contributed by atoms with van der Waals surface area (Å²) in [6.07, 6.45) is -3.24. The zero-order chi connectivity index (χ0) is 27.8. The Morgan fingerprint density at radius 3 is 2.37 bits per heavy atom. The highest BCUT2D eigenvalue weighted by Gasteiger charge is 2.31. The summed E-state index contributed by atoms with van der Waals surface area (Å²) in [5.74, 6) is -0.687. The number of hydrogen-bond donors (Lipinski definition) is 4. The summed E-state index contributed by atoms with van der Waals surface area (Å²) in [6, 6.07) is 7.49. The van der Waals surface area contributed by atoms with Crippen molar-refractivity contribution in [2.45, 2.75) is 42.8 Å². The number of alkyl halides is 3. The third-order valence-electron chi connectivity index (χ3n) is 5.42. The van der Waals surface area contributed by atoms with Crippen molar-refractivity contribution in [1.82, 2.24) is 15.4 Å². The number of nitrogens with one attached hydrogen (secondary N) is 3. The molecule has 1 amide bonds. The van der Waals surface area contributed by atoms with Gasteiger partial charge in [-0.05, 0) is 61.2 Å². The summed E-state index contributed by atoms with van der Waals surface area (Å²) in [7, 11) is -4.39. The number of guanidine groups is 1. The number of sulfonamides is 1. The van der Waals surface area contributed by atoms with E-state index >= 15 is 0 Å². The first-order valence-electron chi connectivity index (χ1n) is 11.7. The molecule has 0 aliphatic carbocycles. The number of aliphatic carboxylic acids is 1. The van der Waals surface area contributed by atoms with Crippen LogP contribution in [0.15, 0.2) is 58.4 Å². The van der Waals surface area contributed by atoms with Gasteiger partial charge in [0.25, 0.3) is 0 Å². The first-order chi connectivity index (χ1) is 17.9. The Morgan fingerprint density at radius 2 is 1.79 bits per heavy atom. The van der Waals surface area contributed by atoms with Crippen molar-refractivity contribution in [3.63, 3.8) is 0 Å². The van der Waals surface area contributed by atoms with E-state index in [4.69, 9.17) is 4.74 Å². The number of halogens is 3. The van der Waals surface area contributed by atoms with Crippen molar-refractivity contribution in [2.24, 2.45) is 4.99 Å². The first kappa shape index (κ1) is 28.9. The van der Waals surface area contributed by atoms with Crippen molar-refractivity contribution in [3.8, 4) is 5.75 Å². The highest BCUT2D eigenvalue weighted by atomic mass is 32.2. The molecule has 1 atom stereocenters. The lowest BCUT2D eigenvalue weighted by Gasteiger charge is -2.16. The second-order valence-electron chi connectivity index (χ2n) is 8.39. The molecule has 0 radical (unpaired) electrons. The summed E-state index contributed by atoms with van der Waals surface area (Å²) < 4.78 is 70.9. The maximum atomic E-state index is 12.7. The van der Waals surface area contributed by atoms with Gasteiger partial charge in [-0.3, -0.25) is 19.9 Å². The van der Waals surface area contributed by atoms with E-state index in [2.05, 4.69) is 15.6 Å². The SMILES string of the molecule is O=C(CCCOc1ccc(C[C@H](NS(=O)(=O)c2ccc(C(F)(F)F)cc2)C(=O)O)cc1)NC1=NCCCN1. The second-order valence-corrected chi connectivity index (χ2v) is 10.1. The van der Waals surface area contributed by atoms with Crippen LogP contribution in [0.2, 0.25) is 0 Å². The fraction of sp³-hybridized carbons (Fsp3) is 0.375. The minimum atomic E-state index is -4.63. The van der Waals surface area contributed by atoms with Crippen LogP contribution in [0.25, 0.3) is 0 Å². The number of benzene rings is 2. The predicted molar refractivity (Wildman–Crippen MR) is 131 cm³/mol. The molecule has 206 valence electrons. The van der Waals surface area contributed by atoms with Crippen molar-refractivity contribution in [2.75, 3.05) is 19.7 Å². The van der Waals surface area contributed by atoms with Gasteiger partial charge in [-0.2, -0.15) is 17.9 Å². The van der Waals surface area contributed by atoms with Gasteiger partial charge in [0.05, 0.1) is 17.1 Å². The summed E-state index contributed by atoms with van der Waals surface area (Å²) in [5, 5.41) is 15.2. The number of carbonyl (C=O) groups is 2. The molecule has 38 heavy (non-hydrogen) atoms. The van der Waals surface area contributed by atoms with Crippen LogP contribution in [0, 0.1) is 0 Å². The lowest BCUT2D eigenvalue weighted by atomic mass is 10.1. The van der Waals surface area contributed by atoms with E-state index in [-0.39, 0.29) is 25.4 Å². The number of aliphatic imine (C=N–C) groups is 1. The lowest BCUT2D eigenvalue weighted by Crippen LogP contribution is -2.43. The van der Waals surface area contributed by atoms with Crippen LogP contribution in [-0.4, -0.2) is 57.1 Å². The van der Waals surface area contributed by atoms with Crippen LogP contribution in [-0.2, 0) is 32.2 Å². The van der Waals surface area contributed by atoms with E-state index in [1.54, 1.807) is 24.3 Å². The highest BCUT2D eigenvalue weighted by molar-refractivity contribution is 7.89. The largest absolute Gasteiger partial charge is 0.494 e. The molecular weight excluding hydrogens is 529 g/mol. The summed E-state index contributed by atoms with van der Waals surface area (Å²) in [4.78, 5) is 27.3. The van der Waals surface area contributed by atoms with E-state index in [0.717, 1.165) is 25.1 Å². The minimum Gasteiger partial charge on any atom is -0.494 e. The maximum Gasteiger partial charge on any atom is 0.416 e. The molecule has 0 fully saturated rings. The number of rotatable bonds is 11. The third-order valence-corrected chi connectivity index (χ3v) is 6.91. The molecule has 0 saturated carbocycles. The molecule has 2 aromatic rings. The Bertz CT molecular complexity index is 1250. The van der Waals surface area contributed by atoms with E-state index in [1.165, 1.54) is 0 Å². The van der Waals surface area contributed by atoms with Crippen LogP contribution < -0.4 is 20.1 Å². The molecule has 1 heterocycles. The molecule has 3 rings (SSSR count). The molecule has 14 heteroatoms. The fourth-order valence-corrected chi connectivity index (χ4v) is 4.64. The van der Waals surface area contributed by atoms with Gasteiger partial charge in [0.2, 0.25) is 15.9 Å². The average Bonchev–Trinajstić information content (AvgIpc) is 2.87. The Kier molecular flexibility index (Phi) is 9.69. The molecule has 1 aliphatic heterocycles. The van der Waals surface area contributed by atoms with E-state index in [1.807, 2.05) is 4.72 Å². The van der Waals surface area contributed by atoms with Gasteiger partial charge in [-0.15, -0.1) is 0 Å². The number of amides is 1. The Labute approximate surface area is 217 Å². The number of nitrogens with zero attached hydrogens (tertiary/aromatic N) is 1. The molecule has 0 unspecified atom stereocenters. The first-order valence-corrected chi connectivity index (χ1v) is 13.1. The zero-order valence-corrected chi connectivity index (χ0v) is 20.9. The van der Waals surface area contributed by atoms with Crippen molar-refractivity contribution < 1.29 is 41.0 Å². The number of carboxylic acid groups (broad SMARTS) is 1. The van der Waals surface area contributed by atoms with Crippen LogP contribution in [0.3, 0.4) is 0 Å². The topological polar surface area (TPSA) is 146 Å². The van der Waals surface area contributed by atoms with Gasteiger partial charge in [-0.1, -0.05) is 12.1 Å². The molecular formula is C24H27F3N4O6S. The molecule has 4 N–H and O–H groups in total. The maximum absolute atomic E-state index is 12.7. The normalized spacial score (nSPS) is 14.7. The Balaban J connectivity index is 1.50. The Morgan fingerprint density at radius 1 is 1.11 bits per heavy atom. The Hall–Kier alpha value is -3.65. The number of carboxylic acids is 1. The van der Waals surface area contributed by atoms with Gasteiger partial charge >= 0.3 is 12.1 Å². The number of ether oxygens (including phenoxy) is 1. The standard InChI is InChI=1S/C24H27F3N4O6S/c25-24(26,27)17-6-10-19(11-7-17)38(35,36)31-20(22(33)34)15-16-4-8-18(9-5-16)37-14-1-3-21(32)30-23-28-12-2-13-29-23/h4-11,20,31H,1-3,12-15H2,(H,33,34)(H2,28,29,30,32)/t20-/m0/s1.